The maximum absolute atomic E-state index is 12.3. The van der Waals surface area contributed by atoms with Gasteiger partial charge in [-0.25, -0.2) is 0 Å². The smallest absolute Gasteiger partial charge is 0.227 e. The molecule has 1 saturated heterocycles. The van der Waals surface area contributed by atoms with Crippen molar-refractivity contribution in [1.82, 2.24) is 15.1 Å². The van der Waals surface area contributed by atoms with Crippen molar-refractivity contribution in [3.8, 4) is 0 Å². The minimum absolute atomic E-state index is 0. The van der Waals surface area contributed by atoms with Crippen molar-refractivity contribution in [1.29, 1.82) is 0 Å². The van der Waals surface area contributed by atoms with Gasteiger partial charge < -0.3 is 16.0 Å². The lowest BCUT2D eigenvalue weighted by Gasteiger charge is -2.33. The Kier molecular flexibility index (Phi) is 13.0. The first-order chi connectivity index (χ1) is 9.16. The van der Waals surface area contributed by atoms with Gasteiger partial charge in [-0.1, -0.05) is 12.8 Å². The molecule has 2 rings (SSSR count). The number of likely N-dealkylation sites (N-methyl/N-ethyl adjacent to an activating group) is 1. The minimum Gasteiger partial charge on any atom is -0.354 e. The lowest BCUT2D eigenvalue weighted by atomic mass is 9.85. The number of piperazine rings is 1. The van der Waals surface area contributed by atoms with E-state index in [-0.39, 0.29) is 48.5 Å². The molecule has 0 radical (unpaired) electrons. The van der Waals surface area contributed by atoms with Gasteiger partial charge in [0.1, 0.15) is 0 Å². The Balaban J connectivity index is 0. The number of nitrogens with one attached hydrogen (secondary N) is 1. The van der Waals surface area contributed by atoms with Crippen molar-refractivity contribution in [2.45, 2.75) is 25.7 Å². The number of hydrogen-bond donors (Lipinski definition) is 2. The monoisotopic (exact) mass is 376 g/mol. The van der Waals surface area contributed by atoms with Crippen molar-refractivity contribution in [3.63, 3.8) is 0 Å². The van der Waals surface area contributed by atoms with Crippen LogP contribution in [0.15, 0.2) is 0 Å². The summed E-state index contributed by atoms with van der Waals surface area (Å²) in [5.74, 6) is 0.182. The van der Waals surface area contributed by atoms with E-state index in [9.17, 15) is 4.79 Å². The van der Waals surface area contributed by atoms with Crippen LogP contribution in [-0.2, 0) is 4.79 Å². The molecule has 0 spiro atoms. The van der Waals surface area contributed by atoms with Gasteiger partial charge in [0.25, 0.3) is 0 Å². The summed E-state index contributed by atoms with van der Waals surface area (Å²) in [6, 6.07) is 0. The fourth-order valence-electron chi connectivity index (χ4n) is 3.16. The first-order valence-electron chi connectivity index (χ1n) is 7.55. The lowest BCUT2D eigenvalue weighted by Crippen LogP contribution is -2.49. The van der Waals surface area contributed by atoms with Crippen LogP contribution in [0.3, 0.4) is 0 Å². The van der Waals surface area contributed by atoms with Crippen LogP contribution in [0.5, 0.6) is 0 Å². The second kappa shape index (κ2) is 11.7. The number of nitrogens with two attached hydrogens (primary N) is 1. The predicted molar refractivity (Wildman–Crippen MR) is 98.6 cm³/mol. The molecule has 1 amide bonds. The zero-order valence-corrected chi connectivity index (χ0v) is 15.8. The molecule has 3 N–H and O–H groups in total. The molecule has 0 aromatic rings. The third-order valence-corrected chi connectivity index (χ3v) is 4.74. The van der Waals surface area contributed by atoms with Crippen LogP contribution in [0.2, 0.25) is 0 Å². The van der Waals surface area contributed by atoms with Crippen LogP contribution in [0.1, 0.15) is 25.7 Å². The molecule has 1 saturated carbocycles. The first-order valence-corrected chi connectivity index (χ1v) is 7.55. The maximum atomic E-state index is 12.3. The number of amides is 1. The summed E-state index contributed by atoms with van der Waals surface area (Å²) < 4.78 is 0. The van der Waals surface area contributed by atoms with E-state index in [1.54, 1.807) is 0 Å². The van der Waals surface area contributed by atoms with Crippen LogP contribution in [-0.4, -0.2) is 68.6 Å². The number of carbonyl (C=O) groups excluding carboxylic acids is 1. The maximum Gasteiger partial charge on any atom is 0.227 e. The summed E-state index contributed by atoms with van der Waals surface area (Å²) in [5, 5.41) is 3.10. The molecule has 0 aromatic heterocycles. The molecule has 2 fully saturated rings. The van der Waals surface area contributed by atoms with Gasteiger partial charge in [0, 0.05) is 45.8 Å². The molecular weight excluding hydrogens is 347 g/mol. The van der Waals surface area contributed by atoms with Crippen molar-refractivity contribution < 1.29 is 4.79 Å². The molecule has 0 bridgehead atoms. The average Bonchev–Trinajstić information content (AvgIpc) is 2.91. The van der Waals surface area contributed by atoms with Crippen LogP contribution >= 0.6 is 37.2 Å². The molecule has 134 valence electrons. The second-order valence-electron chi connectivity index (χ2n) is 6.09. The van der Waals surface area contributed by atoms with Crippen LogP contribution in [0, 0.1) is 5.41 Å². The lowest BCUT2D eigenvalue weighted by molar-refractivity contribution is -0.130. The minimum atomic E-state index is -0.262. The predicted octanol–water partition coefficient (Wildman–Crippen LogP) is 1.13. The highest BCUT2D eigenvalue weighted by Gasteiger charge is 2.39. The van der Waals surface area contributed by atoms with Gasteiger partial charge in [-0.05, 0) is 19.9 Å². The number of halogens is 3. The Morgan fingerprint density at radius 2 is 1.64 bits per heavy atom. The Morgan fingerprint density at radius 3 is 2.14 bits per heavy atom. The van der Waals surface area contributed by atoms with E-state index in [4.69, 9.17) is 5.73 Å². The van der Waals surface area contributed by atoms with E-state index in [1.807, 2.05) is 0 Å². The zero-order valence-electron chi connectivity index (χ0n) is 13.4. The summed E-state index contributed by atoms with van der Waals surface area (Å²) in [6.45, 7) is 6.67. The van der Waals surface area contributed by atoms with Gasteiger partial charge in [-0.3, -0.25) is 9.69 Å². The number of nitrogens with zero attached hydrogens (tertiary/aromatic N) is 2. The fraction of sp³-hybridized carbons (Fsp3) is 0.929. The van der Waals surface area contributed by atoms with Gasteiger partial charge >= 0.3 is 0 Å². The average molecular weight is 378 g/mol. The summed E-state index contributed by atoms with van der Waals surface area (Å²) in [6.07, 6.45) is 4.21. The number of hydrogen-bond acceptors (Lipinski definition) is 4. The van der Waals surface area contributed by atoms with E-state index >= 15 is 0 Å². The molecule has 1 heterocycles. The highest BCUT2D eigenvalue weighted by molar-refractivity contribution is 5.86. The molecule has 0 unspecified atom stereocenters. The zero-order chi connectivity index (χ0) is 13.7. The molecule has 0 aromatic carbocycles. The normalized spacial score (nSPS) is 21.2. The van der Waals surface area contributed by atoms with E-state index in [2.05, 4.69) is 22.2 Å². The molecule has 1 aliphatic carbocycles. The van der Waals surface area contributed by atoms with Crippen LogP contribution in [0.4, 0.5) is 0 Å². The van der Waals surface area contributed by atoms with Gasteiger partial charge in [0.2, 0.25) is 5.91 Å². The van der Waals surface area contributed by atoms with E-state index < -0.39 is 0 Å². The summed E-state index contributed by atoms with van der Waals surface area (Å²) in [7, 11) is 2.16. The molecular formula is C14H31Cl3N4O. The second-order valence-corrected chi connectivity index (χ2v) is 6.09. The molecule has 2 aliphatic rings. The Labute approximate surface area is 153 Å². The first kappa shape index (κ1) is 24.5. The van der Waals surface area contributed by atoms with Crippen molar-refractivity contribution >= 4 is 43.1 Å². The topological polar surface area (TPSA) is 61.6 Å². The Bertz CT molecular complexity index is 306. The van der Waals surface area contributed by atoms with Gasteiger partial charge in [0.05, 0.1) is 5.41 Å². The van der Waals surface area contributed by atoms with E-state index in [0.29, 0.717) is 6.54 Å². The highest BCUT2D eigenvalue weighted by atomic mass is 35.5. The Hall–Kier alpha value is 0.220. The van der Waals surface area contributed by atoms with Crippen molar-refractivity contribution in [3.05, 3.63) is 0 Å². The SMILES string of the molecule is CN1CCN(CCNC(=O)C2(CN)CCCC2)CC1.Cl.Cl.Cl. The third kappa shape index (κ3) is 6.38. The van der Waals surface area contributed by atoms with E-state index in [1.165, 1.54) is 0 Å². The number of carbonyl (C=O) groups is 1. The molecule has 8 heteroatoms. The van der Waals surface area contributed by atoms with Crippen molar-refractivity contribution in [2.75, 3.05) is 52.9 Å². The van der Waals surface area contributed by atoms with Crippen LogP contribution in [0.25, 0.3) is 0 Å². The number of rotatable bonds is 5. The molecule has 0 atom stereocenters. The van der Waals surface area contributed by atoms with Gasteiger partial charge in [-0.2, -0.15) is 0 Å². The fourth-order valence-corrected chi connectivity index (χ4v) is 3.16. The van der Waals surface area contributed by atoms with Crippen molar-refractivity contribution in [2.24, 2.45) is 11.1 Å². The standard InChI is InChI=1S/C14H28N4O.3ClH/c1-17-8-10-18(11-9-17)7-6-16-13(19)14(12-15)4-2-3-5-14;;;/h2-12,15H2,1H3,(H,16,19);3*1H. The van der Waals surface area contributed by atoms with Gasteiger partial charge in [-0.15, -0.1) is 37.2 Å². The molecule has 5 nitrogen and oxygen atoms in total. The van der Waals surface area contributed by atoms with Crippen LogP contribution < -0.4 is 11.1 Å². The largest absolute Gasteiger partial charge is 0.354 e. The summed E-state index contributed by atoms with van der Waals surface area (Å²) in [5.41, 5.74) is 5.56. The molecule has 1 aliphatic heterocycles. The third-order valence-electron chi connectivity index (χ3n) is 4.74. The quantitative estimate of drug-likeness (QED) is 0.754. The summed E-state index contributed by atoms with van der Waals surface area (Å²) in [4.78, 5) is 17.0. The Morgan fingerprint density at radius 1 is 1.09 bits per heavy atom. The summed E-state index contributed by atoms with van der Waals surface area (Å²) >= 11 is 0. The van der Waals surface area contributed by atoms with E-state index in [0.717, 1.165) is 65.0 Å². The van der Waals surface area contributed by atoms with Gasteiger partial charge in [0.15, 0.2) is 0 Å². The highest BCUT2D eigenvalue weighted by Crippen LogP contribution is 2.37. The molecule has 22 heavy (non-hydrogen) atoms.